The monoisotopic (exact) mass is 383 g/mol. The fourth-order valence-electron chi connectivity index (χ4n) is 3.63. The zero-order valence-corrected chi connectivity index (χ0v) is 15.2. The van der Waals surface area contributed by atoms with E-state index in [0.717, 1.165) is 5.56 Å². The summed E-state index contributed by atoms with van der Waals surface area (Å²) in [5, 5.41) is -0.261. The highest BCUT2D eigenvalue weighted by Gasteiger charge is 2.70. The van der Waals surface area contributed by atoms with E-state index in [1.807, 2.05) is 0 Å². The molecule has 0 amide bonds. The first kappa shape index (κ1) is 18.3. The number of halogens is 2. The van der Waals surface area contributed by atoms with Crippen LogP contribution in [0.25, 0.3) is 0 Å². The molecule has 134 valence electrons. The van der Waals surface area contributed by atoms with Crippen LogP contribution in [0.1, 0.15) is 11.5 Å². The van der Waals surface area contributed by atoms with E-state index in [2.05, 4.69) is 0 Å². The van der Waals surface area contributed by atoms with Crippen LogP contribution in [0.15, 0.2) is 53.4 Å². The molecule has 1 aliphatic carbocycles. The largest absolute Gasteiger partial charge is 0.384 e. The zero-order chi connectivity index (χ0) is 18.2. The Hall–Kier alpha value is -1.47. The molecule has 25 heavy (non-hydrogen) atoms. The molecular weight excluding hydrogens is 365 g/mol. The SMILES string of the molecule is COC[C@@]1(CN)[C@H](c2ccc(F)cc2)[C@@H]1S(=O)(=O)c1ccc(Cl)cc1. The molecule has 0 spiro atoms. The van der Waals surface area contributed by atoms with Gasteiger partial charge >= 0.3 is 0 Å². The Morgan fingerprint density at radius 2 is 1.76 bits per heavy atom. The molecule has 0 saturated heterocycles. The summed E-state index contributed by atoms with van der Waals surface area (Å²) in [5.74, 6) is -0.717. The minimum atomic E-state index is -3.64. The quantitative estimate of drug-likeness (QED) is 0.832. The number of nitrogens with two attached hydrogens (primary N) is 1. The van der Waals surface area contributed by atoms with Crippen LogP contribution < -0.4 is 5.73 Å². The molecule has 2 N–H and O–H groups in total. The maximum atomic E-state index is 13.2. The van der Waals surface area contributed by atoms with Gasteiger partial charge in [0, 0.05) is 30.0 Å². The molecule has 0 unspecified atom stereocenters. The summed E-state index contributed by atoms with van der Waals surface area (Å²) in [7, 11) is -2.13. The van der Waals surface area contributed by atoms with Gasteiger partial charge in [0.1, 0.15) is 5.82 Å². The average Bonchev–Trinajstić information content (AvgIpc) is 3.26. The Morgan fingerprint density at radius 1 is 1.16 bits per heavy atom. The standard InChI is InChI=1S/C18H19ClFNO3S/c1-24-11-18(10-21)16(12-2-6-14(20)7-3-12)17(18)25(22,23)15-8-4-13(19)5-9-15/h2-9,16-17H,10-11,21H2,1H3/t16-,17+,18+/m1/s1. The van der Waals surface area contributed by atoms with Gasteiger partial charge in [-0.1, -0.05) is 23.7 Å². The van der Waals surface area contributed by atoms with Gasteiger partial charge in [0.15, 0.2) is 9.84 Å². The number of hydrogen-bond acceptors (Lipinski definition) is 4. The van der Waals surface area contributed by atoms with Crippen molar-refractivity contribution in [3.8, 4) is 0 Å². The van der Waals surface area contributed by atoms with Crippen molar-refractivity contribution in [2.45, 2.75) is 16.1 Å². The van der Waals surface area contributed by atoms with Crippen LogP contribution in [0.4, 0.5) is 4.39 Å². The molecule has 4 nitrogen and oxygen atoms in total. The Bertz CT molecular complexity index is 855. The molecule has 0 heterocycles. The van der Waals surface area contributed by atoms with Gasteiger partial charge in [-0.15, -0.1) is 0 Å². The van der Waals surface area contributed by atoms with Crippen LogP contribution in [-0.2, 0) is 14.6 Å². The molecule has 0 aromatic heterocycles. The molecule has 0 aliphatic heterocycles. The van der Waals surface area contributed by atoms with E-state index in [4.69, 9.17) is 22.1 Å². The molecule has 0 bridgehead atoms. The van der Waals surface area contributed by atoms with Crippen LogP contribution in [0.2, 0.25) is 5.02 Å². The van der Waals surface area contributed by atoms with Crippen LogP contribution in [0, 0.1) is 11.2 Å². The maximum Gasteiger partial charge on any atom is 0.182 e. The third kappa shape index (κ3) is 3.08. The lowest BCUT2D eigenvalue weighted by Crippen LogP contribution is -2.28. The highest BCUT2D eigenvalue weighted by atomic mass is 35.5. The Kier molecular flexibility index (Phi) is 4.90. The molecule has 1 fully saturated rings. The third-order valence-electron chi connectivity index (χ3n) is 4.88. The van der Waals surface area contributed by atoms with Gasteiger partial charge in [-0.05, 0) is 42.0 Å². The summed E-state index contributed by atoms with van der Waals surface area (Å²) in [5.41, 5.74) is 5.97. The second kappa shape index (κ2) is 6.68. The zero-order valence-electron chi connectivity index (χ0n) is 13.7. The molecule has 3 atom stereocenters. The van der Waals surface area contributed by atoms with Crippen molar-refractivity contribution in [2.24, 2.45) is 11.1 Å². The van der Waals surface area contributed by atoms with Gasteiger partial charge in [0.05, 0.1) is 16.8 Å². The van der Waals surface area contributed by atoms with E-state index in [1.54, 1.807) is 24.3 Å². The van der Waals surface area contributed by atoms with E-state index in [-0.39, 0.29) is 29.8 Å². The predicted molar refractivity (Wildman–Crippen MR) is 94.9 cm³/mol. The highest BCUT2D eigenvalue weighted by molar-refractivity contribution is 7.92. The Labute approximate surface area is 151 Å². The first-order chi connectivity index (χ1) is 11.9. The highest BCUT2D eigenvalue weighted by Crippen LogP contribution is 2.63. The number of methoxy groups -OCH3 is 1. The van der Waals surface area contributed by atoms with Crippen molar-refractivity contribution >= 4 is 21.4 Å². The van der Waals surface area contributed by atoms with E-state index in [9.17, 15) is 12.8 Å². The molecule has 7 heteroatoms. The average molecular weight is 384 g/mol. The van der Waals surface area contributed by atoms with Gasteiger partial charge in [-0.25, -0.2) is 12.8 Å². The van der Waals surface area contributed by atoms with E-state index in [1.165, 1.54) is 31.4 Å². The molecule has 2 aromatic rings. The van der Waals surface area contributed by atoms with Crippen molar-refractivity contribution in [1.29, 1.82) is 0 Å². The van der Waals surface area contributed by atoms with Gasteiger partial charge < -0.3 is 10.5 Å². The third-order valence-corrected chi connectivity index (χ3v) is 7.47. The van der Waals surface area contributed by atoms with Gasteiger partial charge in [-0.3, -0.25) is 0 Å². The number of benzene rings is 2. The fraction of sp³-hybridized carbons (Fsp3) is 0.333. The minimum absolute atomic E-state index is 0.153. The Morgan fingerprint density at radius 3 is 2.28 bits per heavy atom. The molecular formula is C18H19ClFNO3S. The van der Waals surface area contributed by atoms with E-state index >= 15 is 0 Å². The van der Waals surface area contributed by atoms with Gasteiger partial charge in [0.25, 0.3) is 0 Å². The van der Waals surface area contributed by atoms with Crippen LogP contribution in [-0.4, -0.2) is 33.9 Å². The lowest BCUT2D eigenvalue weighted by molar-refractivity contribution is 0.142. The van der Waals surface area contributed by atoms with E-state index < -0.39 is 20.5 Å². The Balaban J connectivity index is 2.05. The first-order valence-electron chi connectivity index (χ1n) is 7.81. The second-order valence-corrected chi connectivity index (χ2v) is 8.82. The molecule has 3 rings (SSSR count). The number of hydrogen-bond donors (Lipinski definition) is 1. The van der Waals surface area contributed by atoms with E-state index in [0.29, 0.717) is 5.02 Å². The lowest BCUT2D eigenvalue weighted by atomic mass is 10.00. The summed E-state index contributed by atoms with van der Waals surface area (Å²) in [6.07, 6.45) is 0. The summed E-state index contributed by atoms with van der Waals surface area (Å²) in [6, 6.07) is 11.9. The molecule has 1 saturated carbocycles. The van der Waals surface area contributed by atoms with Gasteiger partial charge in [-0.2, -0.15) is 0 Å². The van der Waals surface area contributed by atoms with Crippen LogP contribution in [0.5, 0.6) is 0 Å². The first-order valence-corrected chi connectivity index (χ1v) is 9.73. The van der Waals surface area contributed by atoms with Crippen molar-refractivity contribution in [3.05, 3.63) is 64.9 Å². The number of sulfone groups is 1. The summed E-state index contributed by atoms with van der Waals surface area (Å²) >= 11 is 5.86. The van der Waals surface area contributed by atoms with Crippen molar-refractivity contribution in [1.82, 2.24) is 0 Å². The fourth-order valence-corrected chi connectivity index (χ4v) is 6.20. The second-order valence-electron chi connectivity index (χ2n) is 6.32. The summed E-state index contributed by atoms with van der Waals surface area (Å²) < 4.78 is 44.9. The topological polar surface area (TPSA) is 69.4 Å². The number of rotatable bonds is 6. The van der Waals surface area contributed by atoms with Crippen LogP contribution >= 0.6 is 11.6 Å². The maximum absolute atomic E-state index is 13.2. The molecule has 0 radical (unpaired) electrons. The summed E-state index contributed by atoms with van der Waals surface area (Å²) in [4.78, 5) is 0.195. The normalized spacial score (nSPS) is 25.8. The lowest BCUT2D eigenvalue weighted by Gasteiger charge is -2.15. The minimum Gasteiger partial charge on any atom is -0.384 e. The molecule has 1 aliphatic rings. The predicted octanol–water partition coefficient (Wildman–Crippen LogP) is 3.01. The summed E-state index contributed by atoms with van der Waals surface area (Å²) in [6.45, 7) is 0.364. The molecule has 2 aromatic carbocycles. The smallest absolute Gasteiger partial charge is 0.182 e. The van der Waals surface area contributed by atoms with Crippen molar-refractivity contribution < 1.29 is 17.5 Å². The van der Waals surface area contributed by atoms with Crippen molar-refractivity contribution in [3.63, 3.8) is 0 Å². The van der Waals surface area contributed by atoms with Crippen molar-refractivity contribution in [2.75, 3.05) is 20.3 Å². The van der Waals surface area contributed by atoms with Gasteiger partial charge in [0.2, 0.25) is 0 Å². The van der Waals surface area contributed by atoms with Crippen LogP contribution in [0.3, 0.4) is 0 Å². The number of ether oxygens (including phenoxy) is 1.